The lowest BCUT2D eigenvalue weighted by Gasteiger charge is -2.34. The van der Waals surface area contributed by atoms with Gasteiger partial charge in [-0.1, -0.05) is 0 Å². The minimum absolute atomic E-state index is 0.166. The van der Waals surface area contributed by atoms with Crippen LogP contribution in [0.5, 0.6) is 0 Å². The number of ether oxygens (including phenoxy) is 1. The van der Waals surface area contributed by atoms with E-state index in [2.05, 4.69) is 4.90 Å². The number of halogens is 1. The van der Waals surface area contributed by atoms with E-state index in [-0.39, 0.29) is 10.7 Å². The van der Waals surface area contributed by atoms with Crippen LogP contribution in [0.15, 0.2) is 23.1 Å². The third-order valence-electron chi connectivity index (χ3n) is 3.92. The maximum Gasteiger partial charge on any atom is 0.243 e. The highest BCUT2D eigenvalue weighted by atomic mass is 32.2. The molecule has 0 saturated carbocycles. The van der Waals surface area contributed by atoms with Gasteiger partial charge in [-0.2, -0.15) is 4.31 Å². The lowest BCUT2D eigenvalue weighted by Crippen LogP contribution is -2.48. The van der Waals surface area contributed by atoms with E-state index in [1.165, 1.54) is 22.5 Å². The molecule has 1 heterocycles. The number of methoxy groups -OCH3 is 1. The van der Waals surface area contributed by atoms with Crippen LogP contribution in [0.2, 0.25) is 0 Å². The first-order valence-electron chi connectivity index (χ1n) is 7.43. The summed E-state index contributed by atoms with van der Waals surface area (Å²) >= 11 is 0. The molecule has 0 unspecified atom stereocenters. The highest BCUT2D eigenvalue weighted by Crippen LogP contribution is 2.20. The van der Waals surface area contributed by atoms with Crippen molar-refractivity contribution in [2.45, 2.75) is 18.2 Å². The van der Waals surface area contributed by atoms with Crippen LogP contribution in [0.1, 0.15) is 12.0 Å². The summed E-state index contributed by atoms with van der Waals surface area (Å²) in [5.74, 6) is -0.387. The van der Waals surface area contributed by atoms with E-state index in [0.29, 0.717) is 38.3 Å². The van der Waals surface area contributed by atoms with E-state index in [1.54, 1.807) is 14.0 Å². The van der Waals surface area contributed by atoms with Crippen LogP contribution in [0, 0.1) is 12.7 Å². The average Bonchev–Trinajstić information content (AvgIpc) is 2.51. The van der Waals surface area contributed by atoms with E-state index in [9.17, 15) is 12.8 Å². The molecule has 7 heteroatoms. The first-order valence-corrected chi connectivity index (χ1v) is 8.87. The Balaban J connectivity index is 1.98. The van der Waals surface area contributed by atoms with Gasteiger partial charge in [0.05, 0.1) is 4.90 Å². The van der Waals surface area contributed by atoms with Gasteiger partial charge in [-0.3, -0.25) is 0 Å². The van der Waals surface area contributed by atoms with Gasteiger partial charge in [0.2, 0.25) is 10.0 Å². The number of hydrogen-bond acceptors (Lipinski definition) is 4. The van der Waals surface area contributed by atoms with Crippen molar-refractivity contribution < 1.29 is 17.5 Å². The lowest BCUT2D eigenvalue weighted by molar-refractivity contribution is 0.149. The monoisotopic (exact) mass is 330 g/mol. The minimum atomic E-state index is -3.53. The fourth-order valence-corrected chi connectivity index (χ4v) is 4.06. The average molecular weight is 330 g/mol. The molecule has 0 N–H and O–H groups in total. The number of sulfonamides is 1. The van der Waals surface area contributed by atoms with Gasteiger partial charge < -0.3 is 9.64 Å². The first kappa shape index (κ1) is 17.3. The molecule has 0 spiro atoms. The molecule has 22 heavy (non-hydrogen) atoms. The van der Waals surface area contributed by atoms with Crippen molar-refractivity contribution in [1.82, 2.24) is 9.21 Å². The van der Waals surface area contributed by atoms with Crippen molar-refractivity contribution in [3.8, 4) is 0 Å². The summed E-state index contributed by atoms with van der Waals surface area (Å²) in [6, 6.07) is 3.95. The number of rotatable bonds is 6. The Bertz CT molecular complexity index is 599. The van der Waals surface area contributed by atoms with E-state index >= 15 is 0 Å². The Morgan fingerprint density at radius 1 is 1.23 bits per heavy atom. The zero-order chi connectivity index (χ0) is 16.2. The van der Waals surface area contributed by atoms with Crippen LogP contribution in [-0.2, 0) is 14.8 Å². The standard InChI is InChI=1S/C15H23FN2O3S/c1-13-12-14(4-5-15(13)16)22(19,20)18-9-7-17(8-10-18)6-3-11-21-2/h4-5,12H,3,6-11H2,1-2H3. The van der Waals surface area contributed by atoms with Crippen LogP contribution >= 0.6 is 0 Å². The Morgan fingerprint density at radius 3 is 2.50 bits per heavy atom. The predicted octanol–water partition coefficient (Wildman–Crippen LogP) is 1.48. The Kier molecular flexibility index (Phi) is 5.91. The van der Waals surface area contributed by atoms with Crippen LogP contribution in [0.4, 0.5) is 4.39 Å². The molecule has 0 aromatic heterocycles. The molecular formula is C15H23FN2O3S. The molecule has 1 aromatic carbocycles. The Hall–Kier alpha value is -1.02. The maximum atomic E-state index is 13.3. The van der Waals surface area contributed by atoms with Gasteiger partial charge in [0.1, 0.15) is 5.82 Å². The molecule has 0 aliphatic carbocycles. The van der Waals surface area contributed by atoms with Crippen molar-refractivity contribution in [2.75, 3.05) is 46.4 Å². The number of hydrogen-bond donors (Lipinski definition) is 0. The fraction of sp³-hybridized carbons (Fsp3) is 0.600. The summed E-state index contributed by atoms with van der Waals surface area (Å²) in [6.07, 6.45) is 0.945. The van der Waals surface area contributed by atoms with Gasteiger partial charge in [0, 0.05) is 46.4 Å². The lowest BCUT2D eigenvalue weighted by atomic mass is 10.2. The predicted molar refractivity (Wildman–Crippen MR) is 82.8 cm³/mol. The van der Waals surface area contributed by atoms with Crippen LogP contribution < -0.4 is 0 Å². The van der Waals surface area contributed by atoms with Gasteiger partial charge in [0.25, 0.3) is 0 Å². The molecule has 1 aliphatic heterocycles. The van der Waals surface area contributed by atoms with Crippen LogP contribution in [0.25, 0.3) is 0 Å². The molecule has 1 aromatic rings. The molecule has 124 valence electrons. The summed E-state index contributed by atoms with van der Waals surface area (Å²) < 4.78 is 45.0. The topological polar surface area (TPSA) is 49.9 Å². The number of benzene rings is 1. The maximum absolute atomic E-state index is 13.3. The molecule has 5 nitrogen and oxygen atoms in total. The molecule has 0 amide bonds. The second-order valence-electron chi connectivity index (χ2n) is 5.50. The SMILES string of the molecule is COCCCN1CCN(S(=O)(=O)c2ccc(F)c(C)c2)CC1. The summed E-state index contributed by atoms with van der Waals surface area (Å²) in [5, 5.41) is 0. The van der Waals surface area contributed by atoms with Crippen molar-refractivity contribution in [3.63, 3.8) is 0 Å². The van der Waals surface area contributed by atoms with Gasteiger partial charge in [-0.05, 0) is 37.1 Å². The molecule has 1 saturated heterocycles. The van der Waals surface area contributed by atoms with E-state index in [4.69, 9.17) is 4.74 Å². The smallest absolute Gasteiger partial charge is 0.243 e. The second-order valence-corrected chi connectivity index (χ2v) is 7.44. The Morgan fingerprint density at radius 2 is 1.91 bits per heavy atom. The van der Waals surface area contributed by atoms with E-state index in [1.807, 2.05) is 0 Å². The van der Waals surface area contributed by atoms with Crippen molar-refractivity contribution in [3.05, 3.63) is 29.6 Å². The van der Waals surface area contributed by atoms with Crippen molar-refractivity contribution in [1.29, 1.82) is 0 Å². The minimum Gasteiger partial charge on any atom is -0.385 e. The Labute approximate surface area is 131 Å². The van der Waals surface area contributed by atoms with Crippen LogP contribution in [-0.4, -0.2) is 64.1 Å². The molecule has 1 aliphatic rings. The summed E-state index contributed by atoms with van der Waals surface area (Å²) in [7, 11) is -1.86. The van der Waals surface area contributed by atoms with Gasteiger partial charge in [-0.25, -0.2) is 12.8 Å². The molecule has 2 rings (SSSR count). The van der Waals surface area contributed by atoms with Gasteiger partial charge in [0.15, 0.2) is 0 Å². The zero-order valence-electron chi connectivity index (χ0n) is 13.1. The first-order chi connectivity index (χ1) is 10.4. The molecule has 0 radical (unpaired) electrons. The van der Waals surface area contributed by atoms with E-state index in [0.717, 1.165) is 13.0 Å². The van der Waals surface area contributed by atoms with Crippen molar-refractivity contribution >= 4 is 10.0 Å². The van der Waals surface area contributed by atoms with E-state index < -0.39 is 10.0 Å². The zero-order valence-corrected chi connectivity index (χ0v) is 13.9. The molecule has 0 bridgehead atoms. The number of piperazine rings is 1. The number of aryl methyl sites for hydroxylation is 1. The molecular weight excluding hydrogens is 307 g/mol. The summed E-state index contributed by atoms with van der Waals surface area (Å²) in [4.78, 5) is 2.40. The van der Waals surface area contributed by atoms with Crippen molar-refractivity contribution in [2.24, 2.45) is 0 Å². The second kappa shape index (κ2) is 7.50. The quantitative estimate of drug-likeness (QED) is 0.741. The fourth-order valence-electron chi connectivity index (χ4n) is 2.55. The normalized spacial score (nSPS) is 17.8. The number of nitrogens with zero attached hydrogens (tertiary/aromatic N) is 2. The highest BCUT2D eigenvalue weighted by molar-refractivity contribution is 7.89. The van der Waals surface area contributed by atoms with Gasteiger partial charge >= 0.3 is 0 Å². The summed E-state index contributed by atoms with van der Waals surface area (Å²) in [5.41, 5.74) is 0.347. The molecule has 0 atom stereocenters. The largest absolute Gasteiger partial charge is 0.385 e. The summed E-state index contributed by atoms with van der Waals surface area (Å²) in [6.45, 7) is 5.55. The van der Waals surface area contributed by atoms with Crippen LogP contribution in [0.3, 0.4) is 0 Å². The molecule has 1 fully saturated rings. The van der Waals surface area contributed by atoms with Gasteiger partial charge in [-0.15, -0.1) is 0 Å². The third-order valence-corrected chi connectivity index (χ3v) is 5.82. The third kappa shape index (κ3) is 4.04. The highest BCUT2D eigenvalue weighted by Gasteiger charge is 2.28.